The molecule has 3 heterocycles. The van der Waals surface area contributed by atoms with Crippen molar-refractivity contribution in [2.24, 2.45) is 11.7 Å². The maximum atomic E-state index is 13.6. The number of nitrogens with two attached hydrogens (primary N) is 1. The number of carbonyl (C=O) groups excluding carboxylic acids is 4. The van der Waals surface area contributed by atoms with E-state index < -0.39 is 34.9 Å². The number of imide groups is 1. The Balaban J connectivity index is 1.60. The highest BCUT2D eigenvalue weighted by atomic mass is 32.2. The lowest BCUT2D eigenvalue weighted by Crippen LogP contribution is -2.39. The number of esters is 1. The van der Waals surface area contributed by atoms with Crippen LogP contribution >= 0.6 is 11.8 Å². The molecule has 0 saturated carbocycles. The molecule has 3 N–H and O–H groups in total. The number of para-hydroxylation sites is 1. The van der Waals surface area contributed by atoms with Gasteiger partial charge in [-0.25, -0.2) is 9.69 Å². The molecule has 1 saturated heterocycles. The van der Waals surface area contributed by atoms with E-state index in [0.717, 1.165) is 16.7 Å². The van der Waals surface area contributed by atoms with E-state index in [-0.39, 0.29) is 22.3 Å². The fourth-order valence-corrected chi connectivity index (χ4v) is 5.81. The Bertz CT molecular complexity index is 1260. The van der Waals surface area contributed by atoms with Crippen molar-refractivity contribution in [2.75, 3.05) is 19.1 Å². The number of hydrogen-bond acceptors (Lipinski definition) is 8. The molecule has 3 aliphatic heterocycles. The molecule has 0 bridgehead atoms. The minimum absolute atomic E-state index is 0.165. The Kier molecular flexibility index (Phi) is 4.89. The minimum Gasteiger partial charge on any atom is -0.493 e. The lowest BCUT2D eigenvalue weighted by atomic mass is 9.77. The van der Waals surface area contributed by atoms with E-state index in [4.69, 9.17) is 15.2 Å². The Morgan fingerprint density at radius 2 is 1.85 bits per heavy atom. The quantitative estimate of drug-likeness (QED) is 0.397. The molecule has 0 aromatic heterocycles. The molecule has 0 spiro atoms. The average Bonchev–Trinajstić information content (AvgIpc) is 3.07. The summed E-state index contributed by atoms with van der Waals surface area (Å²) >= 11 is 1.00. The summed E-state index contributed by atoms with van der Waals surface area (Å²) in [5.41, 5.74) is 7.70. The third-order valence-electron chi connectivity index (χ3n) is 6.08. The second-order valence-electron chi connectivity index (χ2n) is 7.73. The summed E-state index contributed by atoms with van der Waals surface area (Å²) in [6.45, 7) is 0. The van der Waals surface area contributed by atoms with Gasteiger partial charge >= 0.3 is 5.97 Å². The zero-order valence-electron chi connectivity index (χ0n) is 17.7. The highest BCUT2D eigenvalue weighted by Crippen LogP contribution is 2.55. The van der Waals surface area contributed by atoms with Crippen molar-refractivity contribution < 1.29 is 28.7 Å². The Hall–Kier alpha value is -3.79. The second kappa shape index (κ2) is 7.66. The number of carbonyl (C=O) groups is 4. The number of benzene rings is 2. The standard InChI is InChI=1S/C23H19N3O6S/c1-25-20(27)10-6-8-11(9-7-10)26-21(28)15-14-12-4-3-5-13(31-2)17(12)32-23(30)16(14)19(24)33-18(15)22(26)29/h3-9,14-15,18H,24H2,1-2H3,(H,25,27)/t14-,15-,18-/m1/s1. The normalized spacial score (nSPS) is 23.5. The van der Waals surface area contributed by atoms with Crippen molar-refractivity contribution in [3.8, 4) is 11.5 Å². The third-order valence-corrected chi connectivity index (χ3v) is 7.30. The predicted octanol–water partition coefficient (Wildman–Crippen LogP) is 1.53. The van der Waals surface area contributed by atoms with Crippen LogP contribution in [0.2, 0.25) is 0 Å². The largest absolute Gasteiger partial charge is 0.493 e. The van der Waals surface area contributed by atoms with Crippen LogP contribution in [-0.2, 0) is 14.4 Å². The van der Waals surface area contributed by atoms with E-state index in [1.165, 1.54) is 14.2 Å². The van der Waals surface area contributed by atoms with Crippen LogP contribution in [0.25, 0.3) is 0 Å². The first-order valence-corrected chi connectivity index (χ1v) is 11.0. The lowest BCUT2D eigenvalue weighted by Gasteiger charge is -2.36. The molecule has 33 heavy (non-hydrogen) atoms. The number of amides is 3. The third kappa shape index (κ3) is 3.01. The van der Waals surface area contributed by atoms with Crippen LogP contribution in [0.4, 0.5) is 5.69 Å². The highest BCUT2D eigenvalue weighted by molar-refractivity contribution is 8.04. The van der Waals surface area contributed by atoms with Crippen molar-refractivity contribution in [2.45, 2.75) is 11.2 Å². The van der Waals surface area contributed by atoms with Gasteiger partial charge in [-0.15, -0.1) is 0 Å². The fraction of sp³-hybridized carbons (Fsp3) is 0.217. The number of anilines is 1. The topological polar surface area (TPSA) is 128 Å². The van der Waals surface area contributed by atoms with Crippen LogP contribution in [0.5, 0.6) is 11.5 Å². The molecule has 2 aromatic rings. The Labute approximate surface area is 192 Å². The predicted molar refractivity (Wildman–Crippen MR) is 120 cm³/mol. The molecule has 0 radical (unpaired) electrons. The minimum atomic E-state index is -0.845. The number of thioether (sulfide) groups is 1. The average molecular weight is 465 g/mol. The van der Waals surface area contributed by atoms with Gasteiger partial charge < -0.3 is 20.5 Å². The van der Waals surface area contributed by atoms with Crippen LogP contribution in [0.3, 0.4) is 0 Å². The molecule has 0 aliphatic carbocycles. The van der Waals surface area contributed by atoms with Crippen molar-refractivity contribution >= 4 is 41.1 Å². The van der Waals surface area contributed by atoms with E-state index in [1.807, 2.05) is 0 Å². The molecule has 3 atom stereocenters. The van der Waals surface area contributed by atoms with Gasteiger partial charge in [0.2, 0.25) is 11.8 Å². The summed E-state index contributed by atoms with van der Waals surface area (Å²) in [5, 5.41) is 1.89. The maximum Gasteiger partial charge on any atom is 0.342 e. The van der Waals surface area contributed by atoms with Gasteiger partial charge in [0.05, 0.1) is 29.3 Å². The van der Waals surface area contributed by atoms with E-state index in [2.05, 4.69) is 5.32 Å². The summed E-state index contributed by atoms with van der Waals surface area (Å²) in [4.78, 5) is 52.8. The SMILES string of the molecule is CNC(=O)c1ccc(N2C(=O)[C@@H]3[C@@H]4C(=C(N)S[C@H]3C2=O)C(=O)Oc2c(OC)cccc24)cc1. The molecule has 3 amide bonds. The number of rotatable bonds is 3. The second-order valence-corrected chi connectivity index (χ2v) is 8.91. The van der Waals surface area contributed by atoms with E-state index in [1.54, 1.807) is 42.5 Å². The zero-order chi connectivity index (χ0) is 23.4. The summed E-state index contributed by atoms with van der Waals surface area (Å²) in [6.07, 6.45) is 0. The molecule has 2 aromatic carbocycles. The van der Waals surface area contributed by atoms with Gasteiger partial charge in [0.15, 0.2) is 11.5 Å². The van der Waals surface area contributed by atoms with E-state index in [9.17, 15) is 19.2 Å². The van der Waals surface area contributed by atoms with Crippen LogP contribution in [0, 0.1) is 5.92 Å². The number of nitrogens with zero attached hydrogens (tertiary/aromatic N) is 1. The first-order valence-electron chi connectivity index (χ1n) is 10.1. The molecule has 5 rings (SSSR count). The zero-order valence-corrected chi connectivity index (χ0v) is 18.5. The van der Waals surface area contributed by atoms with Crippen molar-refractivity contribution in [1.82, 2.24) is 5.32 Å². The number of methoxy groups -OCH3 is 1. The van der Waals surface area contributed by atoms with Crippen molar-refractivity contribution in [3.05, 3.63) is 64.2 Å². The first-order chi connectivity index (χ1) is 15.9. The van der Waals surface area contributed by atoms with Gasteiger partial charge in [0.1, 0.15) is 5.25 Å². The fourth-order valence-electron chi connectivity index (χ4n) is 4.57. The van der Waals surface area contributed by atoms with Crippen LogP contribution in [0.1, 0.15) is 21.8 Å². The van der Waals surface area contributed by atoms with Crippen molar-refractivity contribution in [3.63, 3.8) is 0 Å². The van der Waals surface area contributed by atoms with Gasteiger partial charge in [0, 0.05) is 24.1 Å². The summed E-state index contributed by atoms with van der Waals surface area (Å²) in [7, 11) is 2.97. The summed E-state index contributed by atoms with van der Waals surface area (Å²) in [5.74, 6) is -2.81. The van der Waals surface area contributed by atoms with Gasteiger partial charge in [-0.2, -0.15) is 0 Å². The van der Waals surface area contributed by atoms with Gasteiger partial charge in [-0.1, -0.05) is 23.9 Å². The summed E-state index contributed by atoms with van der Waals surface area (Å²) in [6, 6.07) is 11.3. The molecular formula is C23H19N3O6S. The van der Waals surface area contributed by atoms with Crippen LogP contribution in [-0.4, -0.2) is 43.1 Å². The van der Waals surface area contributed by atoms with Gasteiger partial charge in [-0.05, 0) is 30.3 Å². The maximum absolute atomic E-state index is 13.6. The number of ether oxygens (including phenoxy) is 2. The smallest absolute Gasteiger partial charge is 0.342 e. The van der Waals surface area contributed by atoms with Crippen molar-refractivity contribution in [1.29, 1.82) is 0 Å². The Morgan fingerprint density at radius 1 is 1.12 bits per heavy atom. The molecule has 9 nitrogen and oxygen atoms in total. The monoisotopic (exact) mass is 465 g/mol. The molecule has 1 fully saturated rings. The number of fused-ring (bicyclic) bond motifs is 5. The lowest BCUT2D eigenvalue weighted by molar-refractivity contribution is -0.132. The molecule has 3 aliphatic rings. The van der Waals surface area contributed by atoms with E-state index in [0.29, 0.717) is 22.6 Å². The van der Waals surface area contributed by atoms with Crippen LogP contribution in [0.15, 0.2) is 53.1 Å². The highest BCUT2D eigenvalue weighted by Gasteiger charge is 2.58. The molecular weight excluding hydrogens is 446 g/mol. The molecule has 0 unspecified atom stereocenters. The number of nitrogens with one attached hydrogen (secondary N) is 1. The Morgan fingerprint density at radius 3 is 2.52 bits per heavy atom. The van der Waals surface area contributed by atoms with Crippen LogP contribution < -0.4 is 25.4 Å². The number of hydrogen-bond donors (Lipinski definition) is 2. The molecule has 10 heteroatoms. The van der Waals surface area contributed by atoms with Gasteiger partial charge in [0.25, 0.3) is 5.91 Å². The van der Waals surface area contributed by atoms with E-state index >= 15 is 0 Å². The molecule has 168 valence electrons. The summed E-state index contributed by atoms with van der Waals surface area (Å²) < 4.78 is 10.8. The first kappa shape index (κ1) is 21.1. The van der Waals surface area contributed by atoms with Gasteiger partial charge in [-0.3, -0.25) is 14.4 Å².